The zero-order valence-corrected chi connectivity index (χ0v) is 34.8. The summed E-state index contributed by atoms with van der Waals surface area (Å²) in [6.45, 7) is 10.2. The second kappa shape index (κ2) is 15.0. The minimum absolute atomic E-state index is 0.0379. The number of aryl methyl sites for hydroxylation is 2. The Kier molecular flexibility index (Phi) is 10.7. The molecule has 0 amide bonds. The lowest BCUT2D eigenvalue weighted by atomic mass is 9.54. The first kappa shape index (κ1) is 43.8. The lowest BCUT2D eigenvalue weighted by molar-refractivity contribution is -0.299. The summed E-state index contributed by atoms with van der Waals surface area (Å²) in [5, 5.41) is 70.0. The fourth-order valence-corrected chi connectivity index (χ4v) is 9.80. The van der Waals surface area contributed by atoms with E-state index in [1.165, 1.54) is 13.8 Å². The van der Waals surface area contributed by atoms with Gasteiger partial charge in [-0.1, -0.05) is 12.1 Å². The molecule has 7 rings (SSSR count). The number of fused-ring (bicyclic) bond motifs is 3. The number of methoxy groups -OCH3 is 1. The summed E-state index contributed by atoms with van der Waals surface area (Å²) < 4.78 is 29.4. The number of aliphatic hydroxyl groups excluding tert-OH is 1. The summed E-state index contributed by atoms with van der Waals surface area (Å²) in [5.41, 5.74) is -9.91. The smallest absolute Gasteiger partial charge is 0.342 e. The van der Waals surface area contributed by atoms with Gasteiger partial charge in [-0.3, -0.25) is 24.0 Å². The van der Waals surface area contributed by atoms with Gasteiger partial charge in [-0.2, -0.15) is 0 Å². The molecule has 0 bridgehead atoms. The number of phenols is 2. The number of phenolic OH excluding ortho intramolecular Hbond substituents is 2. The standard InChI is InChI=1S/C44H48O17/c1-16-9-10-17(2)34(47)28(16)41(53)61-40-21(6)59-27(15-42(40,7)54)60-24-11-12-25(58-20(24)5)33-37(50)30(19(4)45)38(51)44(56)39(52)31-22(14-43(33,44)55)18(3)29-32(36(31)49)23(46)13-26(57-8)35(29)48/h9-10,13,20-21,24-25,27,33,40,47,49,51,54-56H,11-12,14-15H2,1-8H3. The fraction of sp³-hybridized carbons (Fsp3) is 0.500. The summed E-state index contributed by atoms with van der Waals surface area (Å²) >= 11 is 0. The molecule has 326 valence electrons. The molecule has 5 aliphatic rings. The highest BCUT2D eigenvalue weighted by atomic mass is 16.7. The van der Waals surface area contributed by atoms with E-state index in [9.17, 15) is 59.4 Å². The Bertz CT molecular complexity index is 2390. The van der Waals surface area contributed by atoms with Gasteiger partial charge in [0, 0.05) is 24.5 Å². The molecule has 6 N–H and O–H groups in total. The number of carbonyl (C=O) groups is 6. The van der Waals surface area contributed by atoms with Crippen LogP contribution in [0.5, 0.6) is 11.5 Å². The van der Waals surface area contributed by atoms with Crippen molar-refractivity contribution in [2.24, 2.45) is 5.92 Å². The number of hydrogen-bond donors (Lipinski definition) is 6. The SMILES string of the molecule is COC1=CC(=O)c2c(O)c3c(c(C)c2C1=O)CC1(O)C(C2CCC(OC4CC(C)(O)C(OC(=O)c5c(C)ccc(C)c5O)C(C)O4)C(C)O2)C(=O)C(C(C)=O)=C(O)C1(O)C3=O. The Balaban J connectivity index is 1.16. The minimum Gasteiger partial charge on any atom is -0.508 e. The number of allylic oxidation sites excluding steroid dienone is 3. The Morgan fingerprint density at radius 2 is 1.52 bits per heavy atom. The van der Waals surface area contributed by atoms with Crippen LogP contribution < -0.4 is 0 Å². The van der Waals surface area contributed by atoms with E-state index in [0.29, 0.717) is 11.1 Å². The first-order valence-corrected chi connectivity index (χ1v) is 19.8. The molecule has 0 spiro atoms. The molecule has 3 aliphatic carbocycles. The fourth-order valence-electron chi connectivity index (χ4n) is 9.80. The van der Waals surface area contributed by atoms with Gasteiger partial charge in [0.05, 0.1) is 48.6 Å². The highest BCUT2D eigenvalue weighted by Gasteiger charge is 2.72. The monoisotopic (exact) mass is 848 g/mol. The molecule has 2 fully saturated rings. The van der Waals surface area contributed by atoms with Gasteiger partial charge in [0.25, 0.3) is 0 Å². The second-order valence-corrected chi connectivity index (χ2v) is 17.0. The minimum atomic E-state index is -3.42. The van der Waals surface area contributed by atoms with E-state index < -0.39 is 129 Å². The normalized spacial score (nSPS) is 33.7. The number of esters is 1. The van der Waals surface area contributed by atoms with Crippen LogP contribution in [0.2, 0.25) is 0 Å². The first-order chi connectivity index (χ1) is 28.4. The maximum absolute atomic E-state index is 14.5. The number of Topliss-reactive ketones (excluding diaryl/α,β-unsaturated/α-hetero) is 4. The molecule has 0 aromatic heterocycles. The molecule has 10 atom stereocenters. The Morgan fingerprint density at radius 1 is 0.869 bits per heavy atom. The van der Waals surface area contributed by atoms with Crippen molar-refractivity contribution in [2.75, 3.05) is 7.11 Å². The first-order valence-electron chi connectivity index (χ1n) is 19.8. The molecule has 2 heterocycles. The number of rotatable bonds is 7. The van der Waals surface area contributed by atoms with Crippen LogP contribution in [0.25, 0.3) is 0 Å². The van der Waals surface area contributed by atoms with Crippen LogP contribution in [0.1, 0.15) is 111 Å². The zero-order valence-electron chi connectivity index (χ0n) is 34.8. The third-order valence-corrected chi connectivity index (χ3v) is 13.0. The molecule has 2 aromatic carbocycles. The number of carbonyl (C=O) groups excluding carboxylic acids is 6. The molecule has 17 heteroatoms. The van der Waals surface area contributed by atoms with E-state index in [-0.39, 0.29) is 53.0 Å². The van der Waals surface area contributed by atoms with Gasteiger partial charge in [0.2, 0.25) is 17.2 Å². The van der Waals surface area contributed by atoms with Crippen molar-refractivity contribution in [3.05, 3.63) is 79.8 Å². The van der Waals surface area contributed by atoms with E-state index >= 15 is 0 Å². The van der Waals surface area contributed by atoms with Crippen LogP contribution in [-0.2, 0) is 39.7 Å². The Morgan fingerprint density at radius 3 is 2.13 bits per heavy atom. The van der Waals surface area contributed by atoms with Crippen molar-refractivity contribution in [2.45, 2.75) is 128 Å². The molecule has 2 aromatic rings. The van der Waals surface area contributed by atoms with Crippen molar-refractivity contribution in [3.8, 4) is 11.5 Å². The van der Waals surface area contributed by atoms with Gasteiger partial charge in [-0.15, -0.1) is 0 Å². The molecule has 2 aliphatic heterocycles. The van der Waals surface area contributed by atoms with Crippen LogP contribution in [-0.4, -0.2) is 126 Å². The average molecular weight is 849 g/mol. The topological polar surface area (TPSA) is 270 Å². The van der Waals surface area contributed by atoms with Crippen molar-refractivity contribution in [1.82, 2.24) is 0 Å². The van der Waals surface area contributed by atoms with E-state index in [1.54, 1.807) is 39.8 Å². The molecule has 10 unspecified atom stereocenters. The molecule has 17 nitrogen and oxygen atoms in total. The second-order valence-electron chi connectivity index (χ2n) is 17.0. The van der Waals surface area contributed by atoms with Crippen molar-refractivity contribution < 1.29 is 83.1 Å². The van der Waals surface area contributed by atoms with Crippen LogP contribution >= 0.6 is 0 Å². The van der Waals surface area contributed by atoms with Gasteiger partial charge < -0.3 is 54.3 Å². The van der Waals surface area contributed by atoms with Crippen LogP contribution in [0, 0.1) is 26.7 Å². The third kappa shape index (κ3) is 6.43. The van der Waals surface area contributed by atoms with Crippen LogP contribution in [0.4, 0.5) is 0 Å². The summed E-state index contributed by atoms with van der Waals surface area (Å²) in [6.07, 6.45) is -6.29. The third-order valence-electron chi connectivity index (χ3n) is 13.0. The van der Waals surface area contributed by atoms with Gasteiger partial charge in [0.1, 0.15) is 39.6 Å². The highest BCUT2D eigenvalue weighted by molar-refractivity contribution is 6.28. The number of ketones is 5. The predicted molar refractivity (Wildman–Crippen MR) is 208 cm³/mol. The van der Waals surface area contributed by atoms with E-state index in [2.05, 4.69) is 0 Å². The summed E-state index contributed by atoms with van der Waals surface area (Å²) in [4.78, 5) is 81.6. The lowest BCUT2D eigenvalue weighted by Gasteiger charge is -2.54. The maximum atomic E-state index is 14.5. The van der Waals surface area contributed by atoms with E-state index in [4.69, 9.17) is 23.7 Å². The summed E-state index contributed by atoms with van der Waals surface area (Å²) in [7, 11) is 1.16. The molecule has 0 radical (unpaired) electrons. The molecule has 0 saturated carbocycles. The maximum Gasteiger partial charge on any atom is 0.342 e. The molecule has 2 saturated heterocycles. The quantitative estimate of drug-likeness (QED) is 0.173. The summed E-state index contributed by atoms with van der Waals surface area (Å²) in [6, 6.07) is 3.32. The Labute approximate surface area is 349 Å². The van der Waals surface area contributed by atoms with Gasteiger partial charge in [-0.25, -0.2) is 4.79 Å². The molecular weight excluding hydrogens is 800 g/mol. The number of ether oxygens (including phenoxy) is 5. The van der Waals surface area contributed by atoms with Gasteiger partial charge in [0.15, 0.2) is 35.5 Å². The van der Waals surface area contributed by atoms with Crippen LogP contribution in [0.3, 0.4) is 0 Å². The van der Waals surface area contributed by atoms with Crippen molar-refractivity contribution in [3.63, 3.8) is 0 Å². The van der Waals surface area contributed by atoms with Crippen molar-refractivity contribution >= 4 is 34.9 Å². The largest absolute Gasteiger partial charge is 0.508 e. The van der Waals surface area contributed by atoms with Crippen molar-refractivity contribution in [1.29, 1.82) is 0 Å². The van der Waals surface area contributed by atoms with Crippen LogP contribution in [0.15, 0.2) is 35.3 Å². The Hall–Kier alpha value is -5.30. The molecular formula is C44H48O17. The van der Waals surface area contributed by atoms with Gasteiger partial charge >= 0.3 is 5.97 Å². The number of aromatic hydroxyl groups is 2. The zero-order chi connectivity index (χ0) is 45.0. The highest BCUT2D eigenvalue weighted by Crippen LogP contribution is 2.55. The number of benzene rings is 2. The lowest BCUT2D eigenvalue weighted by Crippen LogP contribution is -2.74. The molecule has 61 heavy (non-hydrogen) atoms. The number of aliphatic hydroxyl groups is 4. The number of hydrogen-bond acceptors (Lipinski definition) is 17. The van der Waals surface area contributed by atoms with Gasteiger partial charge in [-0.05, 0) is 83.6 Å². The predicted octanol–water partition coefficient (Wildman–Crippen LogP) is 2.80. The average Bonchev–Trinajstić information content (AvgIpc) is 3.17. The van der Waals surface area contributed by atoms with E-state index in [1.807, 2.05) is 0 Å². The van der Waals surface area contributed by atoms with E-state index in [0.717, 1.165) is 20.1 Å². The summed E-state index contributed by atoms with van der Waals surface area (Å²) in [5.74, 6) is -11.2.